The van der Waals surface area contributed by atoms with Crippen LogP contribution in [0.3, 0.4) is 0 Å². The summed E-state index contributed by atoms with van der Waals surface area (Å²) in [7, 11) is 0. The first-order chi connectivity index (χ1) is 9.38. The number of nitrogens with zero attached hydrogens (tertiary/aromatic N) is 1. The molecule has 20 heavy (non-hydrogen) atoms. The summed E-state index contributed by atoms with van der Waals surface area (Å²) < 4.78 is 1.01. The highest BCUT2D eigenvalue weighted by Gasteiger charge is 2.12. The predicted octanol–water partition coefficient (Wildman–Crippen LogP) is 4.64. The van der Waals surface area contributed by atoms with E-state index in [0.29, 0.717) is 18.3 Å². The lowest BCUT2D eigenvalue weighted by Crippen LogP contribution is -2.33. The molecule has 3 heteroatoms. The van der Waals surface area contributed by atoms with E-state index in [1.54, 1.807) is 0 Å². The average molecular weight is 340 g/mol. The second-order valence-corrected chi connectivity index (χ2v) is 7.14. The van der Waals surface area contributed by atoms with Gasteiger partial charge in [-0.1, -0.05) is 55.8 Å². The zero-order chi connectivity index (χ0) is 15.1. The van der Waals surface area contributed by atoms with E-state index < -0.39 is 0 Å². The van der Waals surface area contributed by atoms with E-state index >= 15 is 0 Å². The number of ketones is 1. The molecule has 0 aliphatic heterocycles. The van der Waals surface area contributed by atoms with Crippen LogP contribution in [0.1, 0.15) is 44.5 Å². The van der Waals surface area contributed by atoms with Gasteiger partial charge in [-0.15, -0.1) is 0 Å². The van der Waals surface area contributed by atoms with Crippen LogP contribution in [0.2, 0.25) is 0 Å². The van der Waals surface area contributed by atoms with Crippen molar-refractivity contribution in [3.63, 3.8) is 0 Å². The van der Waals surface area contributed by atoms with E-state index in [4.69, 9.17) is 0 Å². The van der Waals surface area contributed by atoms with Crippen molar-refractivity contribution in [1.29, 1.82) is 0 Å². The number of Topliss-reactive ketones (excluding diaryl/α,β-unsaturated/α-hetero) is 1. The van der Waals surface area contributed by atoms with Gasteiger partial charge in [0.05, 0.1) is 0 Å². The summed E-state index contributed by atoms with van der Waals surface area (Å²) in [6.45, 7) is 11.9. The van der Waals surface area contributed by atoms with Crippen LogP contribution >= 0.6 is 15.9 Å². The van der Waals surface area contributed by atoms with Gasteiger partial charge >= 0.3 is 0 Å². The highest BCUT2D eigenvalue weighted by molar-refractivity contribution is 9.10. The molecule has 0 fully saturated rings. The zero-order valence-electron chi connectivity index (χ0n) is 13.0. The van der Waals surface area contributed by atoms with Crippen molar-refractivity contribution in [2.75, 3.05) is 19.6 Å². The highest BCUT2D eigenvalue weighted by Crippen LogP contribution is 2.13. The smallest absolute Gasteiger partial charge is 0.164 e. The normalized spacial score (nSPS) is 11.6. The first-order valence-corrected chi connectivity index (χ1v) is 8.19. The topological polar surface area (TPSA) is 20.3 Å². The molecule has 0 spiro atoms. The Hall–Kier alpha value is -0.670. The van der Waals surface area contributed by atoms with E-state index in [-0.39, 0.29) is 5.78 Å². The molecule has 0 radical (unpaired) electrons. The number of halogens is 1. The average Bonchev–Trinajstić information content (AvgIpc) is 2.35. The lowest BCUT2D eigenvalue weighted by Gasteiger charge is -2.25. The molecule has 0 amide bonds. The lowest BCUT2D eigenvalue weighted by atomic mass is 10.1. The predicted molar refractivity (Wildman–Crippen MR) is 89.2 cm³/mol. The summed E-state index contributed by atoms with van der Waals surface area (Å²) in [6, 6.07) is 7.63. The first kappa shape index (κ1) is 17.4. The van der Waals surface area contributed by atoms with Crippen LogP contribution in [0.4, 0.5) is 0 Å². The van der Waals surface area contributed by atoms with Gasteiger partial charge in [0.25, 0.3) is 0 Å². The Balaban J connectivity index is 2.53. The van der Waals surface area contributed by atoms with Gasteiger partial charge in [-0.2, -0.15) is 0 Å². The van der Waals surface area contributed by atoms with E-state index in [1.807, 2.05) is 24.3 Å². The molecule has 1 aromatic rings. The van der Waals surface area contributed by atoms with Crippen molar-refractivity contribution < 1.29 is 4.79 Å². The van der Waals surface area contributed by atoms with Crippen molar-refractivity contribution in [1.82, 2.24) is 4.90 Å². The molecule has 0 bridgehead atoms. The third-order valence-corrected chi connectivity index (χ3v) is 3.60. The molecule has 0 N–H and O–H groups in total. The summed E-state index contributed by atoms with van der Waals surface area (Å²) >= 11 is 3.39. The number of hydrogen-bond donors (Lipinski definition) is 0. The van der Waals surface area contributed by atoms with Crippen molar-refractivity contribution in [2.45, 2.75) is 34.1 Å². The Morgan fingerprint density at radius 3 is 2.00 bits per heavy atom. The second-order valence-electron chi connectivity index (χ2n) is 6.23. The largest absolute Gasteiger partial charge is 0.302 e. The molecule has 0 atom stereocenters. The Bertz CT molecular complexity index is 402. The van der Waals surface area contributed by atoms with Gasteiger partial charge in [0, 0.05) is 36.1 Å². The van der Waals surface area contributed by atoms with Gasteiger partial charge in [-0.3, -0.25) is 4.79 Å². The molecule has 0 saturated heterocycles. The molecular weight excluding hydrogens is 314 g/mol. The lowest BCUT2D eigenvalue weighted by molar-refractivity contribution is 0.0956. The molecule has 1 aromatic carbocycles. The minimum atomic E-state index is 0.231. The third kappa shape index (κ3) is 6.67. The molecule has 0 unspecified atom stereocenters. The zero-order valence-corrected chi connectivity index (χ0v) is 14.6. The number of benzene rings is 1. The van der Waals surface area contributed by atoms with Crippen LogP contribution in [0.25, 0.3) is 0 Å². The molecule has 2 nitrogen and oxygen atoms in total. The van der Waals surface area contributed by atoms with Crippen LogP contribution < -0.4 is 0 Å². The van der Waals surface area contributed by atoms with Gasteiger partial charge in [0.15, 0.2) is 5.78 Å². The molecule has 0 saturated carbocycles. The van der Waals surface area contributed by atoms with Crippen molar-refractivity contribution in [3.05, 3.63) is 34.3 Å². The number of rotatable bonds is 8. The maximum Gasteiger partial charge on any atom is 0.164 e. The van der Waals surface area contributed by atoms with Gasteiger partial charge in [0.2, 0.25) is 0 Å². The van der Waals surface area contributed by atoms with Gasteiger partial charge in [0.1, 0.15) is 0 Å². The fourth-order valence-corrected chi connectivity index (χ4v) is 2.59. The molecule has 0 heterocycles. The quantitative estimate of drug-likeness (QED) is 0.643. The fraction of sp³-hybridized carbons (Fsp3) is 0.588. The minimum Gasteiger partial charge on any atom is -0.302 e. The summed E-state index contributed by atoms with van der Waals surface area (Å²) in [5.74, 6) is 1.50. The van der Waals surface area contributed by atoms with Crippen LogP contribution in [0.15, 0.2) is 28.7 Å². The fourth-order valence-electron chi connectivity index (χ4n) is 2.33. The molecule has 1 rings (SSSR count). The Kier molecular flexibility index (Phi) is 7.46. The van der Waals surface area contributed by atoms with E-state index in [2.05, 4.69) is 48.5 Å². The van der Waals surface area contributed by atoms with Crippen molar-refractivity contribution >= 4 is 21.7 Å². The maximum atomic E-state index is 12.2. The third-order valence-electron chi connectivity index (χ3n) is 3.07. The van der Waals surface area contributed by atoms with Gasteiger partial charge in [-0.25, -0.2) is 0 Å². The van der Waals surface area contributed by atoms with E-state index in [1.165, 1.54) is 0 Å². The number of carbonyl (C=O) groups is 1. The number of hydrogen-bond acceptors (Lipinski definition) is 2. The van der Waals surface area contributed by atoms with Gasteiger partial charge in [-0.05, 0) is 24.0 Å². The van der Waals surface area contributed by atoms with E-state index in [9.17, 15) is 4.79 Å². The maximum absolute atomic E-state index is 12.2. The second kappa shape index (κ2) is 8.58. The highest BCUT2D eigenvalue weighted by atomic mass is 79.9. The van der Waals surface area contributed by atoms with Crippen LogP contribution in [0.5, 0.6) is 0 Å². The summed E-state index contributed by atoms with van der Waals surface area (Å²) in [6.07, 6.45) is 0.598. The Morgan fingerprint density at radius 1 is 1.05 bits per heavy atom. The van der Waals surface area contributed by atoms with E-state index in [0.717, 1.165) is 29.7 Å². The minimum absolute atomic E-state index is 0.231. The summed E-state index contributed by atoms with van der Waals surface area (Å²) in [4.78, 5) is 14.6. The monoisotopic (exact) mass is 339 g/mol. The van der Waals surface area contributed by atoms with Crippen LogP contribution in [-0.4, -0.2) is 30.3 Å². The standard InChI is InChI=1S/C17H26BrNO/c1-13(2)11-19(12-14(3)4)10-9-17(20)15-5-7-16(18)8-6-15/h5-8,13-14H,9-12H2,1-4H3. The Labute approximate surface area is 131 Å². The molecule has 0 aliphatic carbocycles. The SMILES string of the molecule is CC(C)CN(CCC(=O)c1ccc(Br)cc1)CC(C)C. The van der Waals surface area contributed by atoms with Crippen molar-refractivity contribution in [2.24, 2.45) is 11.8 Å². The summed E-state index contributed by atoms with van der Waals surface area (Å²) in [5.41, 5.74) is 0.808. The molecule has 0 aliphatic rings. The Morgan fingerprint density at radius 2 is 1.55 bits per heavy atom. The van der Waals surface area contributed by atoms with Crippen LogP contribution in [-0.2, 0) is 0 Å². The molecular formula is C17H26BrNO. The summed E-state index contributed by atoms with van der Waals surface area (Å²) in [5, 5.41) is 0. The molecule has 0 aromatic heterocycles. The van der Waals surface area contributed by atoms with Crippen molar-refractivity contribution in [3.8, 4) is 0 Å². The number of carbonyl (C=O) groups excluding carboxylic acids is 1. The first-order valence-electron chi connectivity index (χ1n) is 7.39. The molecule has 112 valence electrons. The van der Waals surface area contributed by atoms with Gasteiger partial charge < -0.3 is 4.90 Å². The van der Waals surface area contributed by atoms with Crippen LogP contribution in [0, 0.1) is 11.8 Å².